The normalized spacial score (nSPS) is 12.9. The van der Waals surface area contributed by atoms with E-state index in [1.165, 1.54) is 0 Å². The zero-order chi connectivity index (χ0) is 9.84. The van der Waals surface area contributed by atoms with Crippen LogP contribution in [0.2, 0.25) is 5.02 Å². The summed E-state index contributed by atoms with van der Waals surface area (Å²) in [4.78, 5) is 0. The highest BCUT2D eigenvalue weighted by Gasteiger charge is 2.09. The minimum atomic E-state index is -0.263. The molecule has 0 spiro atoms. The van der Waals surface area contributed by atoms with Crippen molar-refractivity contribution in [3.63, 3.8) is 0 Å². The maximum absolute atomic E-state index is 9.01. The fourth-order valence-electron chi connectivity index (χ4n) is 1.18. The lowest BCUT2D eigenvalue weighted by atomic mass is 10.0. The van der Waals surface area contributed by atoms with Crippen molar-refractivity contribution < 1.29 is 5.11 Å². The SMILES string of the molecule is NC[C@H](N)c1cc(Cl)ccc1CO. The van der Waals surface area contributed by atoms with Crippen molar-refractivity contribution in [2.24, 2.45) is 11.5 Å². The third-order valence-electron chi connectivity index (χ3n) is 1.93. The molecule has 0 amide bonds. The van der Waals surface area contributed by atoms with Gasteiger partial charge in [-0.2, -0.15) is 0 Å². The van der Waals surface area contributed by atoms with Crippen LogP contribution in [0.25, 0.3) is 0 Å². The van der Waals surface area contributed by atoms with Gasteiger partial charge in [-0.05, 0) is 23.3 Å². The predicted molar refractivity (Wildman–Crippen MR) is 53.4 cm³/mol. The second-order valence-corrected chi connectivity index (χ2v) is 3.28. The monoisotopic (exact) mass is 200 g/mol. The molecular formula is C9H13ClN2O. The van der Waals surface area contributed by atoms with Crippen molar-refractivity contribution >= 4 is 11.6 Å². The number of aliphatic hydroxyl groups excluding tert-OH is 1. The molecule has 0 aliphatic heterocycles. The Balaban J connectivity index is 3.07. The van der Waals surface area contributed by atoms with Gasteiger partial charge in [-0.25, -0.2) is 0 Å². The van der Waals surface area contributed by atoms with Gasteiger partial charge >= 0.3 is 0 Å². The predicted octanol–water partition coefficient (Wildman–Crippen LogP) is 0.791. The van der Waals surface area contributed by atoms with Crippen LogP contribution in [0, 0.1) is 0 Å². The summed E-state index contributed by atoms with van der Waals surface area (Å²) in [5.74, 6) is 0. The first-order valence-electron chi connectivity index (χ1n) is 4.04. The van der Waals surface area contributed by atoms with Crippen molar-refractivity contribution in [2.45, 2.75) is 12.6 Å². The van der Waals surface area contributed by atoms with Crippen molar-refractivity contribution in [1.82, 2.24) is 0 Å². The van der Waals surface area contributed by atoms with E-state index in [4.69, 9.17) is 28.2 Å². The van der Waals surface area contributed by atoms with Crippen molar-refractivity contribution in [3.8, 4) is 0 Å². The quantitative estimate of drug-likeness (QED) is 0.676. The van der Waals surface area contributed by atoms with Crippen LogP contribution in [0.5, 0.6) is 0 Å². The van der Waals surface area contributed by atoms with E-state index in [0.29, 0.717) is 11.6 Å². The van der Waals surface area contributed by atoms with Crippen LogP contribution in [-0.4, -0.2) is 11.7 Å². The Bertz CT molecular complexity index is 291. The van der Waals surface area contributed by atoms with Crippen LogP contribution in [0.3, 0.4) is 0 Å². The Morgan fingerprint density at radius 2 is 2.15 bits per heavy atom. The molecule has 13 heavy (non-hydrogen) atoms. The molecule has 0 aliphatic carbocycles. The van der Waals surface area contributed by atoms with Gasteiger partial charge in [-0.1, -0.05) is 17.7 Å². The van der Waals surface area contributed by atoms with Crippen LogP contribution in [0.4, 0.5) is 0 Å². The summed E-state index contributed by atoms with van der Waals surface area (Å²) >= 11 is 5.80. The van der Waals surface area contributed by atoms with E-state index < -0.39 is 0 Å². The molecule has 0 aromatic heterocycles. The minimum absolute atomic E-state index is 0.0415. The van der Waals surface area contributed by atoms with Crippen LogP contribution in [0.1, 0.15) is 17.2 Å². The van der Waals surface area contributed by atoms with Gasteiger partial charge in [-0.3, -0.25) is 0 Å². The number of benzene rings is 1. The molecule has 4 heteroatoms. The van der Waals surface area contributed by atoms with Gasteiger partial charge in [0, 0.05) is 17.6 Å². The van der Waals surface area contributed by atoms with Gasteiger partial charge in [0.1, 0.15) is 0 Å². The smallest absolute Gasteiger partial charge is 0.0685 e. The zero-order valence-corrected chi connectivity index (χ0v) is 7.96. The molecule has 5 N–H and O–H groups in total. The Morgan fingerprint density at radius 1 is 1.46 bits per heavy atom. The highest BCUT2D eigenvalue weighted by molar-refractivity contribution is 6.30. The first-order valence-corrected chi connectivity index (χ1v) is 4.41. The van der Waals surface area contributed by atoms with Crippen LogP contribution >= 0.6 is 11.6 Å². The number of rotatable bonds is 3. The lowest BCUT2D eigenvalue weighted by Crippen LogP contribution is -2.22. The summed E-state index contributed by atoms with van der Waals surface area (Å²) in [7, 11) is 0. The van der Waals surface area contributed by atoms with Gasteiger partial charge in [0.2, 0.25) is 0 Å². The molecular weight excluding hydrogens is 188 g/mol. The standard InChI is InChI=1S/C9H13ClN2O/c10-7-2-1-6(5-13)8(3-7)9(12)4-11/h1-3,9,13H,4-5,11-12H2/t9-/m0/s1. The van der Waals surface area contributed by atoms with Crippen molar-refractivity contribution in [1.29, 1.82) is 0 Å². The number of halogens is 1. The molecule has 1 rings (SSSR count). The molecule has 1 atom stereocenters. The molecule has 0 saturated heterocycles. The highest BCUT2D eigenvalue weighted by Crippen LogP contribution is 2.20. The van der Waals surface area contributed by atoms with E-state index in [1.54, 1.807) is 18.2 Å². The van der Waals surface area contributed by atoms with Crippen molar-refractivity contribution in [3.05, 3.63) is 34.3 Å². The number of hydrogen-bond donors (Lipinski definition) is 3. The summed E-state index contributed by atoms with van der Waals surface area (Å²) < 4.78 is 0. The van der Waals surface area contributed by atoms with E-state index in [0.717, 1.165) is 11.1 Å². The van der Waals surface area contributed by atoms with Crippen LogP contribution in [-0.2, 0) is 6.61 Å². The van der Waals surface area contributed by atoms with E-state index >= 15 is 0 Å². The van der Waals surface area contributed by atoms with Gasteiger partial charge in [-0.15, -0.1) is 0 Å². The number of nitrogens with two attached hydrogens (primary N) is 2. The molecule has 0 radical (unpaired) electrons. The summed E-state index contributed by atoms with van der Waals surface area (Å²) in [5, 5.41) is 9.62. The maximum Gasteiger partial charge on any atom is 0.0685 e. The highest BCUT2D eigenvalue weighted by atomic mass is 35.5. The molecule has 1 aromatic carbocycles. The van der Waals surface area contributed by atoms with Crippen LogP contribution in [0.15, 0.2) is 18.2 Å². The lowest BCUT2D eigenvalue weighted by Gasteiger charge is -2.13. The number of hydrogen-bond acceptors (Lipinski definition) is 3. The molecule has 0 saturated carbocycles. The molecule has 0 unspecified atom stereocenters. The Hall–Kier alpha value is -0.610. The van der Waals surface area contributed by atoms with Gasteiger partial charge in [0.05, 0.1) is 6.61 Å². The second-order valence-electron chi connectivity index (χ2n) is 2.84. The van der Waals surface area contributed by atoms with E-state index in [2.05, 4.69) is 0 Å². The Morgan fingerprint density at radius 3 is 2.69 bits per heavy atom. The van der Waals surface area contributed by atoms with Crippen molar-refractivity contribution in [2.75, 3.05) is 6.54 Å². The molecule has 0 fully saturated rings. The topological polar surface area (TPSA) is 72.3 Å². The zero-order valence-electron chi connectivity index (χ0n) is 7.20. The molecule has 72 valence electrons. The van der Waals surface area contributed by atoms with Gasteiger partial charge in [0.15, 0.2) is 0 Å². The molecule has 3 nitrogen and oxygen atoms in total. The first kappa shape index (κ1) is 10.5. The van der Waals surface area contributed by atoms with Crippen LogP contribution < -0.4 is 11.5 Å². The third-order valence-corrected chi connectivity index (χ3v) is 2.17. The summed E-state index contributed by atoms with van der Waals surface area (Å²) in [6.45, 7) is 0.299. The summed E-state index contributed by atoms with van der Waals surface area (Å²) in [5.41, 5.74) is 12.8. The fourth-order valence-corrected chi connectivity index (χ4v) is 1.36. The summed E-state index contributed by atoms with van der Waals surface area (Å²) in [6, 6.07) is 4.96. The molecule has 0 aliphatic rings. The second kappa shape index (κ2) is 4.58. The average Bonchev–Trinajstić information content (AvgIpc) is 2.16. The number of aliphatic hydroxyl groups is 1. The minimum Gasteiger partial charge on any atom is -0.392 e. The van der Waals surface area contributed by atoms with E-state index in [9.17, 15) is 0 Å². The third kappa shape index (κ3) is 2.42. The van der Waals surface area contributed by atoms with Gasteiger partial charge < -0.3 is 16.6 Å². The summed E-state index contributed by atoms with van der Waals surface area (Å²) in [6.07, 6.45) is 0. The molecule has 1 aromatic rings. The van der Waals surface area contributed by atoms with Gasteiger partial charge in [0.25, 0.3) is 0 Å². The molecule has 0 heterocycles. The Labute approximate surface area is 82.3 Å². The maximum atomic E-state index is 9.01. The molecule has 0 bridgehead atoms. The van der Waals surface area contributed by atoms with E-state index in [-0.39, 0.29) is 12.6 Å². The largest absolute Gasteiger partial charge is 0.392 e. The lowest BCUT2D eigenvalue weighted by molar-refractivity contribution is 0.280. The fraction of sp³-hybridized carbons (Fsp3) is 0.333. The average molecular weight is 201 g/mol. The Kier molecular flexibility index (Phi) is 3.69. The van der Waals surface area contributed by atoms with E-state index in [1.807, 2.05) is 0 Å². The first-order chi connectivity index (χ1) is 6.19.